The van der Waals surface area contributed by atoms with Crippen LogP contribution in [0.25, 0.3) is 0 Å². The fourth-order valence-electron chi connectivity index (χ4n) is 2.69. The Morgan fingerprint density at radius 2 is 2.26 bits per heavy atom. The first-order valence-corrected chi connectivity index (χ1v) is 8.39. The van der Waals surface area contributed by atoms with Gasteiger partial charge in [-0.2, -0.15) is 0 Å². The van der Waals surface area contributed by atoms with E-state index < -0.39 is 0 Å². The van der Waals surface area contributed by atoms with Crippen LogP contribution in [0.4, 0.5) is 5.82 Å². The Labute approximate surface area is 139 Å². The summed E-state index contributed by atoms with van der Waals surface area (Å²) < 4.78 is 5.76. The lowest BCUT2D eigenvalue weighted by molar-refractivity contribution is -0.138. The molecule has 3 heterocycles. The molecule has 0 spiro atoms. The maximum absolute atomic E-state index is 12.6. The van der Waals surface area contributed by atoms with Gasteiger partial charge in [-0.15, -0.1) is 11.3 Å². The van der Waals surface area contributed by atoms with E-state index in [-0.39, 0.29) is 12.0 Å². The zero-order chi connectivity index (χ0) is 16.4. The second kappa shape index (κ2) is 6.64. The summed E-state index contributed by atoms with van der Waals surface area (Å²) in [4.78, 5) is 24.1. The zero-order valence-electron chi connectivity index (χ0n) is 13.3. The molecule has 2 N–H and O–H groups in total. The summed E-state index contributed by atoms with van der Waals surface area (Å²) in [5, 5.41) is 0.995. The van der Waals surface area contributed by atoms with Crippen LogP contribution >= 0.6 is 11.3 Å². The summed E-state index contributed by atoms with van der Waals surface area (Å²) in [5.74, 6) is 0.569. The van der Waals surface area contributed by atoms with Crippen molar-refractivity contribution in [3.8, 4) is 0 Å². The molecule has 23 heavy (non-hydrogen) atoms. The number of amides is 1. The molecular formula is C16H20N4O2S. The maximum Gasteiger partial charge on any atom is 0.228 e. The number of carbonyl (C=O) groups excluding carboxylic acids is 1. The summed E-state index contributed by atoms with van der Waals surface area (Å²) in [6, 6.07) is 5.47. The SMILES string of the molecule is Cc1nc(C)c(CC(=O)N2CCO[C@H](c3cccc(N)n3)C2)s1. The Bertz CT molecular complexity index is 716. The van der Waals surface area contributed by atoms with Crippen LogP contribution in [-0.2, 0) is 16.0 Å². The monoisotopic (exact) mass is 332 g/mol. The number of aryl methyl sites for hydroxylation is 2. The third-order valence-electron chi connectivity index (χ3n) is 3.85. The third kappa shape index (κ3) is 3.68. The quantitative estimate of drug-likeness (QED) is 0.928. The average molecular weight is 332 g/mol. The van der Waals surface area contributed by atoms with Crippen molar-refractivity contribution < 1.29 is 9.53 Å². The Kier molecular flexibility index (Phi) is 4.58. The Balaban J connectivity index is 1.68. The van der Waals surface area contributed by atoms with E-state index in [0.29, 0.717) is 31.9 Å². The Hall–Kier alpha value is -1.99. The molecule has 1 fully saturated rings. The maximum atomic E-state index is 12.6. The van der Waals surface area contributed by atoms with Gasteiger partial charge >= 0.3 is 0 Å². The lowest BCUT2D eigenvalue weighted by Crippen LogP contribution is -2.43. The van der Waals surface area contributed by atoms with Gasteiger partial charge < -0.3 is 15.4 Å². The second-order valence-corrected chi connectivity index (χ2v) is 6.89. The largest absolute Gasteiger partial charge is 0.384 e. The molecule has 1 saturated heterocycles. The number of ether oxygens (including phenoxy) is 1. The minimum Gasteiger partial charge on any atom is -0.384 e. The lowest BCUT2D eigenvalue weighted by atomic mass is 10.1. The van der Waals surface area contributed by atoms with Gasteiger partial charge in [0, 0.05) is 11.4 Å². The molecule has 0 saturated carbocycles. The first kappa shape index (κ1) is 15.9. The molecule has 1 amide bonds. The van der Waals surface area contributed by atoms with Crippen LogP contribution in [0.5, 0.6) is 0 Å². The van der Waals surface area contributed by atoms with Gasteiger partial charge in [-0.25, -0.2) is 9.97 Å². The molecular weight excluding hydrogens is 312 g/mol. The fourth-order valence-corrected chi connectivity index (χ4v) is 3.62. The molecule has 1 atom stereocenters. The van der Waals surface area contributed by atoms with Gasteiger partial charge in [-0.05, 0) is 26.0 Å². The van der Waals surface area contributed by atoms with Crippen LogP contribution in [0.3, 0.4) is 0 Å². The van der Waals surface area contributed by atoms with Crippen molar-refractivity contribution >= 4 is 23.1 Å². The molecule has 7 heteroatoms. The molecule has 6 nitrogen and oxygen atoms in total. The standard InChI is InChI=1S/C16H20N4O2S/c1-10-14(23-11(2)18-10)8-16(21)20-6-7-22-13(9-20)12-4-3-5-15(17)19-12/h3-5,13H,6-9H2,1-2H3,(H2,17,19)/t13-/m0/s1. The first-order valence-electron chi connectivity index (χ1n) is 7.57. The van der Waals surface area contributed by atoms with E-state index in [1.54, 1.807) is 17.4 Å². The summed E-state index contributed by atoms with van der Waals surface area (Å²) >= 11 is 1.59. The molecule has 3 rings (SSSR count). The topological polar surface area (TPSA) is 81.3 Å². The van der Waals surface area contributed by atoms with Crippen LogP contribution in [0.2, 0.25) is 0 Å². The molecule has 1 aliphatic rings. The molecule has 0 aromatic carbocycles. The highest BCUT2D eigenvalue weighted by Crippen LogP contribution is 2.23. The summed E-state index contributed by atoms with van der Waals surface area (Å²) in [7, 11) is 0. The number of pyridine rings is 1. The van der Waals surface area contributed by atoms with E-state index in [1.165, 1.54) is 0 Å². The Morgan fingerprint density at radius 3 is 2.96 bits per heavy atom. The van der Waals surface area contributed by atoms with Crippen LogP contribution in [0.15, 0.2) is 18.2 Å². The molecule has 0 bridgehead atoms. The molecule has 122 valence electrons. The van der Waals surface area contributed by atoms with Gasteiger partial charge in [0.05, 0.1) is 36.0 Å². The number of anilines is 1. The van der Waals surface area contributed by atoms with Gasteiger partial charge in [0.2, 0.25) is 5.91 Å². The van der Waals surface area contributed by atoms with Crippen molar-refractivity contribution in [2.24, 2.45) is 0 Å². The van der Waals surface area contributed by atoms with Crippen LogP contribution in [0, 0.1) is 13.8 Å². The van der Waals surface area contributed by atoms with E-state index >= 15 is 0 Å². The van der Waals surface area contributed by atoms with Crippen LogP contribution < -0.4 is 5.73 Å². The fraction of sp³-hybridized carbons (Fsp3) is 0.438. The molecule has 2 aromatic heterocycles. The molecule has 2 aromatic rings. The number of nitrogens with two attached hydrogens (primary N) is 1. The number of hydrogen-bond acceptors (Lipinski definition) is 6. The van der Waals surface area contributed by atoms with Crippen molar-refractivity contribution in [1.82, 2.24) is 14.9 Å². The van der Waals surface area contributed by atoms with Crippen molar-refractivity contribution in [1.29, 1.82) is 0 Å². The second-order valence-electron chi connectivity index (χ2n) is 5.60. The van der Waals surface area contributed by atoms with E-state index in [9.17, 15) is 4.79 Å². The highest BCUT2D eigenvalue weighted by Gasteiger charge is 2.27. The van der Waals surface area contributed by atoms with Crippen molar-refractivity contribution in [3.05, 3.63) is 39.5 Å². The number of aromatic nitrogens is 2. The molecule has 1 aliphatic heterocycles. The van der Waals surface area contributed by atoms with Gasteiger partial charge in [-0.1, -0.05) is 6.07 Å². The minimum atomic E-state index is -0.222. The van der Waals surface area contributed by atoms with E-state index in [4.69, 9.17) is 10.5 Å². The van der Waals surface area contributed by atoms with Crippen LogP contribution in [-0.4, -0.2) is 40.5 Å². The van der Waals surface area contributed by atoms with Crippen LogP contribution in [0.1, 0.15) is 27.4 Å². The number of morpholine rings is 1. The highest BCUT2D eigenvalue weighted by atomic mass is 32.1. The predicted molar refractivity (Wildman–Crippen MR) is 89.2 cm³/mol. The van der Waals surface area contributed by atoms with Crippen molar-refractivity contribution in [3.63, 3.8) is 0 Å². The van der Waals surface area contributed by atoms with Gasteiger partial charge in [-0.3, -0.25) is 4.79 Å². The molecule has 0 radical (unpaired) electrons. The van der Waals surface area contributed by atoms with Gasteiger partial charge in [0.25, 0.3) is 0 Å². The van der Waals surface area contributed by atoms with Gasteiger partial charge in [0.15, 0.2) is 0 Å². The number of rotatable bonds is 3. The van der Waals surface area contributed by atoms with Crippen molar-refractivity contribution in [2.75, 3.05) is 25.4 Å². The zero-order valence-corrected chi connectivity index (χ0v) is 14.1. The highest BCUT2D eigenvalue weighted by molar-refractivity contribution is 7.11. The van der Waals surface area contributed by atoms with Gasteiger partial charge in [0.1, 0.15) is 11.9 Å². The normalized spacial score (nSPS) is 18.2. The number of nitrogens with zero attached hydrogens (tertiary/aromatic N) is 3. The first-order chi connectivity index (χ1) is 11.0. The minimum absolute atomic E-state index is 0.106. The lowest BCUT2D eigenvalue weighted by Gasteiger charge is -2.32. The van der Waals surface area contributed by atoms with E-state index in [0.717, 1.165) is 21.3 Å². The number of carbonyl (C=O) groups is 1. The average Bonchev–Trinajstić information content (AvgIpc) is 2.85. The predicted octanol–water partition coefficient (Wildman–Crippen LogP) is 1.88. The van der Waals surface area contributed by atoms with E-state index in [1.807, 2.05) is 30.9 Å². The molecule has 0 aliphatic carbocycles. The Morgan fingerprint density at radius 1 is 1.43 bits per heavy atom. The smallest absolute Gasteiger partial charge is 0.228 e. The number of nitrogen functional groups attached to an aromatic ring is 1. The molecule has 0 unspecified atom stereocenters. The van der Waals surface area contributed by atoms with E-state index in [2.05, 4.69) is 9.97 Å². The summed E-state index contributed by atoms with van der Waals surface area (Å²) in [6.45, 7) is 5.53. The van der Waals surface area contributed by atoms with Crippen molar-refractivity contribution in [2.45, 2.75) is 26.4 Å². The summed E-state index contributed by atoms with van der Waals surface area (Å²) in [5.41, 5.74) is 7.45. The summed E-state index contributed by atoms with van der Waals surface area (Å²) in [6.07, 6.45) is 0.175. The third-order valence-corrected chi connectivity index (χ3v) is 4.93. The number of hydrogen-bond donors (Lipinski definition) is 1. The number of thiazole rings is 1.